The number of nitrogen functional groups attached to an aromatic ring is 2. The number of hydrogen-bond donors (Lipinski definition) is 2. The van der Waals surface area contributed by atoms with Crippen molar-refractivity contribution in [3.8, 4) is 11.5 Å². The third-order valence-corrected chi connectivity index (χ3v) is 18.0. The Morgan fingerprint density at radius 2 is 1.44 bits per heavy atom. The van der Waals surface area contributed by atoms with Gasteiger partial charge in [0.1, 0.15) is 18.6 Å². The van der Waals surface area contributed by atoms with E-state index in [0.29, 0.717) is 39.9 Å². The van der Waals surface area contributed by atoms with Crippen LogP contribution in [-0.4, -0.2) is 11.3 Å². The van der Waals surface area contributed by atoms with Gasteiger partial charge < -0.3 is 25.3 Å². The topological polar surface area (TPSA) is 95.4 Å². The van der Waals surface area contributed by atoms with E-state index in [1.54, 1.807) is 11.8 Å². The Balaban J connectivity index is 1.59. The third-order valence-electron chi connectivity index (χ3n) is 9.08. The number of para-hydroxylation sites is 1. The second-order valence-corrected chi connectivity index (χ2v) is 19.8. The number of benzene rings is 4. The van der Waals surface area contributed by atoms with Gasteiger partial charge in [-0.1, -0.05) is 95.8 Å². The fourth-order valence-electron chi connectivity index (χ4n) is 6.72. The Morgan fingerprint density at radius 3 is 2.12 bits per heavy atom. The maximum atomic E-state index is 15.7. The molecule has 3 atom stereocenters. The van der Waals surface area contributed by atoms with Gasteiger partial charge in [0.25, 0.3) is 0 Å². The van der Waals surface area contributed by atoms with Crippen LogP contribution in [0.2, 0.25) is 0 Å². The maximum Gasteiger partial charge on any atom is 0.155 e. The van der Waals surface area contributed by atoms with Crippen molar-refractivity contribution in [2.75, 3.05) is 11.5 Å². The van der Waals surface area contributed by atoms with E-state index >= 15 is 9.13 Å². The van der Waals surface area contributed by atoms with Gasteiger partial charge in [-0.25, -0.2) is 0 Å². The molecule has 6 rings (SSSR count). The zero-order chi connectivity index (χ0) is 30.8. The van der Waals surface area contributed by atoms with Gasteiger partial charge in [-0.2, -0.15) is 0 Å². The lowest BCUT2D eigenvalue weighted by molar-refractivity contribution is 0.484. The highest BCUT2D eigenvalue weighted by molar-refractivity contribution is 8.02. The zero-order valence-electron chi connectivity index (χ0n) is 25.7. The summed E-state index contributed by atoms with van der Waals surface area (Å²) < 4.78 is 37.2. The molecule has 4 N–H and O–H groups in total. The average molecular weight is 631 g/mol. The number of ether oxygens (including phenoxy) is 1. The fourth-order valence-corrected chi connectivity index (χ4v) is 15.1. The van der Waals surface area contributed by atoms with E-state index in [9.17, 15) is 0 Å². The van der Waals surface area contributed by atoms with Crippen LogP contribution >= 0.6 is 26.0 Å². The summed E-state index contributed by atoms with van der Waals surface area (Å²) in [5.74, 6) is 1.31. The summed E-state index contributed by atoms with van der Waals surface area (Å²) in [7, 11) is -6.36. The molecule has 224 valence electrons. The zero-order valence-corrected chi connectivity index (χ0v) is 28.3. The normalized spacial score (nSPS) is 21.0. The molecule has 0 saturated carbocycles. The molecule has 0 aromatic heterocycles. The summed E-state index contributed by atoms with van der Waals surface area (Å²) in [6.45, 7) is 12.4. The molecule has 0 amide bonds. The molecule has 43 heavy (non-hydrogen) atoms. The van der Waals surface area contributed by atoms with Crippen LogP contribution in [0, 0.1) is 0 Å². The summed E-state index contributed by atoms with van der Waals surface area (Å²) in [6.07, 6.45) is 1.25. The van der Waals surface area contributed by atoms with Crippen LogP contribution in [0.1, 0.15) is 64.2 Å². The molecule has 4 aromatic rings. The molecule has 3 unspecified atom stereocenters. The van der Waals surface area contributed by atoms with Gasteiger partial charge in [-0.3, -0.25) is 0 Å². The second kappa shape index (κ2) is 10.9. The first-order valence-electron chi connectivity index (χ1n) is 15.1. The monoisotopic (exact) mass is 630 g/mol. The third kappa shape index (κ3) is 4.44. The number of nitrogens with two attached hydrogens (primary N) is 2. The largest absolute Gasteiger partial charge is 0.456 e. The number of aryl methyl sites for hydroxylation is 1. The van der Waals surface area contributed by atoms with Gasteiger partial charge in [0.15, 0.2) is 7.14 Å². The van der Waals surface area contributed by atoms with Gasteiger partial charge in [0.2, 0.25) is 0 Å². The molecular formula is C35H40N2O3P2S. The Labute approximate surface area is 259 Å². The molecule has 2 aliphatic rings. The van der Waals surface area contributed by atoms with E-state index in [4.69, 9.17) is 16.2 Å². The molecule has 0 fully saturated rings. The minimum atomic E-state index is -3.29. The van der Waals surface area contributed by atoms with Crippen LogP contribution in [0.25, 0.3) is 0 Å². The summed E-state index contributed by atoms with van der Waals surface area (Å²) in [5, 5.41) is 2.99. The molecule has 8 heteroatoms. The Kier molecular flexibility index (Phi) is 7.65. The SMILES string of the molecule is CCc1ccc2c(c1N)P(=O)(C(C)Cc1cc(C(C)C)c(N)c3c1Sc1ccccc1P3(=O)C(C)C)c1ccccc1O2. The van der Waals surface area contributed by atoms with Gasteiger partial charge in [0, 0.05) is 37.8 Å². The first-order valence-corrected chi connectivity index (χ1v) is 19.4. The summed E-state index contributed by atoms with van der Waals surface area (Å²) >= 11 is 1.64. The van der Waals surface area contributed by atoms with Gasteiger partial charge in [-0.15, -0.1) is 0 Å². The molecule has 2 aliphatic heterocycles. The highest BCUT2D eigenvalue weighted by atomic mass is 32.2. The summed E-state index contributed by atoms with van der Waals surface area (Å²) in [4.78, 5) is 1.95. The van der Waals surface area contributed by atoms with E-state index in [1.165, 1.54) is 0 Å². The van der Waals surface area contributed by atoms with Gasteiger partial charge >= 0.3 is 0 Å². The van der Waals surface area contributed by atoms with Crippen molar-refractivity contribution in [3.63, 3.8) is 0 Å². The predicted molar refractivity (Wildman–Crippen MR) is 184 cm³/mol. The van der Waals surface area contributed by atoms with Crippen molar-refractivity contribution in [3.05, 3.63) is 83.4 Å². The smallest absolute Gasteiger partial charge is 0.155 e. The highest BCUT2D eigenvalue weighted by Gasteiger charge is 2.46. The van der Waals surface area contributed by atoms with Crippen LogP contribution in [0.3, 0.4) is 0 Å². The lowest BCUT2D eigenvalue weighted by atomic mass is 9.97. The van der Waals surface area contributed by atoms with E-state index in [2.05, 4.69) is 39.8 Å². The van der Waals surface area contributed by atoms with Crippen molar-refractivity contribution in [1.29, 1.82) is 0 Å². The van der Waals surface area contributed by atoms with Crippen LogP contribution < -0.4 is 37.4 Å². The van der Waals surface area contributed by atoms with Crippen LogP contribution in [0.5, 0.6) is 11.5 Å². The van der Waals surface area contributed by atoms with Crippen molar-refractivity contribution < 1.29 is 13.9 Å². The predicted octanol–water partition coefficient (Wildman–Crippen LogP) is 7.77. The number of hydrogen-bond acceptors (Lipinski definition) is 6. The standard InChI is InChI=1S/C35H40N2O3P2S/c1-7-23-16-17-27-33(31(23)36)42(39,28-13-9-8-12-26(28)40-27)22(6)18-24-19-25(20(2)3)32(37)34-35(24)43-30-15-11-10-14-29(30)41(34,38)21(4)5/h8-17,19-22H,7,18,36-37H2,1-6H3. The fraction of sp³-hybridized carbons (Fsp3) is 0.314. The van der Waals surface area contributed by atoms with Crippen LogP contribution in [0.4, 0.5) is 11.4 Å². The minimum Gasteiger partial charge on any atom is -0.456 e. The number of rotatable bonds is 6. The first kappa shape index (κ1) is 30.1. The molecule has 5 nitrogen and oxygen atoms in total. The average Bonchev–Trinajstić information content (AvgIpc) is 2.98. The Bertz CT molecular complexity index is 1870. The second-order valence-electron chi connectivity index (χ2n) is 12.3. The molecule has 0 saturated heterocycles. The molecule has 0 bridgehead atoms. The Morgan fingerprint density at radius 1 is 0.767 bits per heavy atom. The van der Waals surface area contributed by atoms with Crippen molar-refractivity contribution >= 4 is 58.6 Å². The summed E-state index contributed by atoms with van der Waals surface area (Å²) in [6, 6.07) is 21.7. The van der Waals surface area contributed by atoms with Gasteiger partial charge in [0.05, 0.1) is 15.9 Å². The molecular weight excluding hydrogens is 590 g/mol. The van der Waals surface area contributed by atoms with E-state index < -0.39 is 14.3 Å². The van der Waals surface area contributed by atoms with E-state index in [0.717, 1.165) is 43.5 Å². The lowest BCUT2D eigenvalue weighted by Crippen LogP contribution is -2.34. The molecule has 0 aliphatic carbocycles. The van der Waals surface area contributed by atoms with E-state index in [1.807, 2.05) is 68.4 Å². The Hall–Kier alpha value is -2.91. The van der Waals surface area contributed by atoms with Crippen LogP contribution in [-0.2, 0) is 22.0 Å². The number of anilines is 2. The highest BCUT2D eigenvalue weighted by Crippen LogP contribution is 2.61. The van der Waals surface area contributed by atoms with Crippen molar-refractivity contribution in [1.82, 2.24) is 0 Å². The van der Waals surface area contributed by atoms with E-state index in [-0.39, 0.29) is 17.2 Å². The summed E-state index contributed by atoms with van der Waals surface area (Å²) in [5.41, 5.74) is 17.5. The lowest BCUT2D eigenvalue weighted by Gasteiger charge is -2.36. The molecule has 0 spiro atoms. The maximum absolute atomic E-state index is 15.7. The minimum absolute atomic E-state index is 0.122. The van der Waals surface area contributed by atoms with Gasteiger partial charge in [-0.05, 0) is 59.7 Å². The molecule has 0 radical (unpaired) electrons. The number of fused-ring (bicyclic) bond motifs is 4. The molecule has 2 heterocycles. The molecule has 4 aromatic carbocycles. The van der Waals surface area contributed by atoms with Crippen molar-refractivity contribution in [2.45, 2.75) is 81.4 Å². The van der Waals surface area contributed by atoms with Crippen LogP contribution in [0.15, 0.2) is 76.5 Å². The van der Waals surface area contributed by atoms with Crippen molar-refractivity contribution in [2.24, 2.45) is 0 Å². The first-order chi connectivity index (χ1) is 20.4. The quantitative estimate of drug-likeness (QED) is 0.167.